The normalized spacial score (nSPS) is 35.9. The summed E-state index contributed by atoms with van der Waals surface area (Å²) in [6.45, 7) is 5.97. The van der Waals surface area contributed by atoms with Gasteiger partial charge < -0.3 is 14.9 Å². The smallest absolute Gasteiger partial charge is 0.134 e. The van der Waals surface area contributed by atoms with E-state index in [-0.39, 0.29) is 5.92 Å². The van der Waals surface area contributed by atoms with Crippen LogP contribution in [0, 0.1) is 24.2 Å². The molecule has 1 saturated carbocycles. The van der Waals surface area contributed by atoms with E-state index in [4.69, 9.17) is 11.2 Å². The molecule has 1 aromatic rings. The fourth-order valence-electron chi connectivity index (χ4n) is 3.01. The van der Waals surface area contributed by atoms with Gasteiger partial charge in [-0.3, -0.25) is 0 Å². The standard InChI is InChI=1S/C18H22O3/c1-4-15-17(21-12-14-9-7-6-8-10-14)16(19)13(3)11-18(15,20)5-2/h2,4,6-10,13,15-17,19-20H,1,11-12H2,3H3/t13-,15+,16-,17-,18-/m1/s1. The Balaban J connectivity index is 2.17. The van der Waals surface area contributed by atoms with Gasteiger partial charge in [0.25, 0.3) is 0 Å². The second-order valence-electron chi connectivity index (χ2n) is 5.76. The molecule has 1 aliphatic rings. The molecule has 0 bridgehead atoms. The van der Waals surface area contributed by atoms with Gasteiger partial charge in [-0.1, -0.05) is 49.3 Å². The molecular formula is C18H22O3. The first-order valence-corrected chi connectivity index (χ1v) is 7.18. The number of hydrogen-bond donors (Lipinski definition) is 2. The fraction of sp³-hybridized carbons (Fsp3) is 0.444. The summed E-state index contributed by atoms with van der Waals surface area (Å²) in [5.41, 5.74) is -0.308. The quantitative estimate of drug-likeness (QED) is 0.658. The zero-order valence-corrected chi connectivity index (χ0v) is 12.3. The van der Waals surface area contributed by atoms with E-state index < -0.39 is 23.7 Å². The maximum Gasteiger partial charge on any atom is 0.134 e. The van der Waals surface area contributed by atoms with E-state index in [1.807, 2.05) is 37.3 Å². The summed E-state index contributed by atoms with van der Waals surface area (Å²) in [6, 6.07) is 9.71. The van der Waals surface area contributed by atoms with Crippen molar-refractivity contribution in [3.05, 3.63) is 48.6 Å². The molecule has 1 aliphatic carbocycles. The third-order valence-corrected chi connectivity index (χ3v) is 4.25. The number of ether oxygens (including phenoxy) is 1. The second kappa shape index (κ2) is 6.44. The minimum absolute atomic E-state index is 0.136. The van der Waals surface area contributed by atoms with E-state index in [1.165, 1.54) is 0 Å². The highest BCUT2D eigenvalue weighted by atomic mass is 16.5. The summed E-state index contributed by atoms with van der Waals surface area (Å²) >= 11 is 0. The van der Waals surface area contributed by atoms with Gasteiger partial charge in [-0.05, 0) is 17.9 Å². The van der Waals surface area contributed by atoms with Gasteiger partial charge in [-0.2, -0.15) is 0 Å². The van der Waals surface area contributed by atoms with E-state index >= 15 is 0 Å². The van der Waals surface area contributed by atoms with Crippen LogP contribution in [-0.4, -0.2) is 28.0 Å². The molecule has 21 heavy (non-hydrogen) atoms. The Kier molecular flexibility index (Phi) is 4.84. The van der Waals surface area contributed by atoms with E-state index in [0.717, 1.165) is 5.56 Å². The zero-order chi connectivity index (χ0) is 15.5. The Morgan fingerprint density at radius 3 is 2.71 bits per heavy atom. The van der Waals surface area contributed by atoms with E-state index in [2.05, 4.69) is 12.5 Å². The van der Waals surface area contributed by atoms with E-state index in [1.54, 1.807) is 6.08 Å². The van der Waals surface area contributed by atoms with Crippen molar-refractivity contribution in [2.45, 2.75) is 37.8 Å². The van der Waals surface area contributed by atoms with Crippen molar-refractivity contribution >= 4 is 0 Å². The summed E-state index contributed by atoms with van der Waals surface area (Å²) < 4.78 is 5.88. The largest absolute Gasteiger partial charge is 0.390 e. The molecule has 2 N–H and O–H groups in total. The van der Waals surface area contributed by atoms with Gasteiger partial charge in [0.15, 0.2) is 0 Å². The molecule has 1 fully saturated rings. The molecular weight excluding hydrogens is 264 g/mol. The van der Waals surface area contributed by atoms with Crippen LogP contribution in [0.1, 0.15) is 18.9 Å². The third-order valence-electron chi connectivity index (χ3n) is 4.25. The first-order valence-electron chi connectivity index (χ1n) is 7.18. The van der Waals surface area contributed by atoms with Crippen molar-refractivity contribution in [3.8, 4) is 12.3 Å². The van der Waals surface area contributed by atoms with Crippen LogP contribution in [0.2, 0.25) is 0 Å². The van der Waals surface area contributed by atoms with Gasteiger partial charge in [0, 0.05) is 5.92 Å². The van der Waals surface area contributed by atoms with Gasteiger partial charge >= 0.3 is 0 Å². The molecule has 5 atom stereocenters. The van der Waals surface area contributed by atoms with Crippen molar-refractivity contribution in [1.29, 1.82) is 0 Å². The van der Waals surface area contributed by atoms with Crippen LogP contribution < -0.4 is 0 Å². The molecule has 2 rings (SSSR count). The maximum atomic E-state index is 10.6. The monoisotopic (exact) mass is 286 g/mol. The molecule has 3 nitrogen and oxygen atoms in total. The van der Waals surface area contributed by atoms with Gasteiger partial charge in [0.2, 0.25) is 0 Å². The highest BCUT2D eigenvalue weighted by Crippen LogP contribution is 2.39. The van der Waals surface area contributed by atoms with Crippen molar-refractivity contribution in [2.75, 3.05) is 0 Å². The maximum absolute atomic E-state index is 10.6. The Bertz CT molecular complexity index is 519. The van der Waals surface area contributed by atoms with Crippen LogP contribution in [0.15, 0.2) is 43.0 Å². The lowest BCUT2D eigenvalue weighted by Gasteiger charge is -2.45. The number of aliphatic hydroxyl groups excluding tert-OH is 1. The number of benzene rings is 1. The number of aliphatic hydroxyl groups is 2. The Morgan fingerprint density at radius 1 is 1.48 bits per heavy atom. The minimum Gasteiger partial charge on any atom is -0.390 e. The highest BCUT2D eigenvalue weighted by Gasteiger charge is 2.49. The first-order chi connectivity index (χ1) is 10.0. The molecule has 0 amide bonds. The van der Waals surface area contributed by atoms with Crippen molar-refractivity contribution in [1.82, 2.24) is 0 Å². The fourth-order valence-corrected chi connectivity index (χ4v) is 3.01. The van der Waals surface area contributed by atoms with Gasteiger partial charge in [0.05, 0.1) is 18.8 Å². The summed E-state index contributed by atoms with van der Waals surface area (Å²) in [6.07, 6.45) is 6.19. The summed E-state index contributed by atoms with van der Waals surface area (Å²) in [7, 11) is 0. The van der Waals surface area contributed by atoms with Crippen LogP contribution in [-0.2, 0) is 11.3 Å². The predicted octanol–water partition coefficient (Wildman–Crippen LogP) is 2.14. The van der Waals surface area contributed by atoms with Crippen LogP contribution in [0.5, 0.6) is 0 Å². The predicted molar refractivity (Wildman–Crippen MR) is 82.3 cm³/mol. The van der Waals surface area contributed by atoms with E-state index in [0.29, 0.717) is 13.0 Å². The Morgan fingerprint density at radius 2 is 2.14 bits per heavy atom. The average Bonchev–Trinajstić information content (AvgIpc) is 2.50. The van der Waals surface area contributed by atoms with Crippen molar-refractivity contribution in [3.63, 3.8) is 0 Å². The molecule has 0 saturated heterocycles. The SMILES string of the molecule is C#C[C@@]1(O)C[C@@H](C)[C@@H](O)[C@H](OCc2ccccc2)[C@@H]1C=C. The summed E-state index contributed by atoms with van der Waals surface area (Å²) in [4.78, 5) is 0. The van der Waals surface area contributed by atoms with Crippen LogP contribution in [0.3, 0.4) is 0 Å². The minimum atomic E-state index is -1.32. The Hall–Kier alpha value is -1.60. The molecule has 1 aromatic carbocycles. The molecule has 3 heteroatoms. The highest BCUT2D eigenvalue weighted by molar-refractivity contribution is 5.20. The van der Waals surface area contributed by atoms with Crippen molar-refractivity contribution < 1.29 is 14.9 Å². The van der Waals surface area contributed by atoms with E-state index in [9.17, 15) is 10.2 Å². The number of hydrogen-bond acceptors (Lipinski definition) is 3. The molecule has 0 heterocycles. The Labute approximate surface area is 126 Å². The summed E-state index contributed by atoms with van der Waals surface area (Å²) in [5, 5.41) is 21.0. The first kappa shape index (κ1) is 15.8. The molecule has 0 radical (unpaired) electrons. The van der Waals surface area contributed by atoms with Crippen LogP contribution >= 0.6 is 0 Å². The topological polar surface area (TPSA) is 49.7 Å². The molecule has 0 spiro atoms. The number of rotatable bonds is 4. The third kappa shape index (κ3) is 3.19. The van der Waals surface area contributed by atoms with Crippen LogP contribution in [0.25, 0.3) is 0 Å². The lowest BCUT2D eigenvalue weighted by Crippen LogP contribution is -2.56. The van der Waals surface area contributed by atoms with Gasteiger partial charge in [-0.25, -0.2) is 0 Å². The van der Waals surface area contributed by atoms with Crippen molar-refractivity contribution in [2.24, 2.45) is 11.8 Å². The lowest BCUT2D eigenvalue weighted by atomic mass is 9.68. The molecule has 112 valence electrons. The van der Waals surface area contributed by atoms with Crippen LogP contribution in [0.4, 0.5) is 0 Å². The molecule has 0 unspecified atom stereocenters. The average molecular weight is 286 g/mol. The summed E-state index contributed by atoms with van der Waals surface area (Å²) in [5.74, 6) is 1.83. The second-order valence-corrected chi connectivity index (χ2v) is 5.76. The molecule has 0 aliphatic heterocycles. The lowest BCUT2D eigenvalue weighted by molar-refractivity contribution is -0.159. The van der Waals surface area contributed by atoms with Gasteiger partial charge in [0.1, 0.15) is 5.60 Å². The van der Waals surface area contributed by atoms with Gasteiger partial charge in [-0.15, -0.1) is 13.0 Å². The number of terminal acetylenes is 1. The molecule has 0 aromatic heterocycles. The zero-order valence-electron chi connectivity index (χ0n) is 12.3.